The average molecular weight is 96.1 g/mol. The molecule has 0 aromatic rings. The topological polar surface area (TPSA) is 17.1 Å². The third-order valence-electron chi connectivity index (χ3n) is 2.05. The number of Topliss-reactive ketones (excluding diaryl/α,β-unsaturated/α-hetero) is 1. The summed E-state index contributed by atoms with van der Waals surface area (Å²) in [5.41, 5.74) is 0. The van der Waals surface area contributed by atoms with E-state index >= 15 is 0 Å². The van der Waals surface area contributed by atoms with E-state index in [1.807, 2.05) is 0 Å². The molecule has 2 aliphatic carbocycles. The summed E-state index contributed by atoms with van der Waals surface area (Å²) in [5.74, 6) is 2.18. The van der Waals surface area contributed by atoms with Gasteiger partial charge in [0.1, 0.15) is 5.78 Å². The molecule has 0 N–H and O–H groups in total. The first-order valence-corrected chi connectivity index (χ1v) is 2.88. The van der Waals surface area contributed by atoms with Crippen molar-refractivity contribution in [1.82, 2.24) is 0 Å². The Morgan fingerprint density at radius 1 is 1.29 bits per heavy atom. The third kappa shape index (κ3) is 0.409. The van der Waals surface area contributed by atoms with Crippen molar-refractivity contribution in [1.29, 1.82) is 0 Å². The van der Waals surface area contributed by atoms with Crippen LogP contribution in [0.2, 0.25) is 0 Å². The van der Waals surface area contributed by atoms with Crippen LogP contribution in [0.4, 0.5) is 0 Å². The van der Waals surface area contributed by atoms with Crippen molar-refractivity contribution >= 4 is 5.78 Å². The fourth-order valence-corrected chi connectivity index (χ4v) is 1.48. The Morgan fingerprint density at radius 2 is 1.86 bits per heavy atom. The highest BCUT2D eigenvalue weighted by Gasteiger charge is 2.45. The van der Waals surface area contributed by atoms with E-state index in [-0.39, 0.29) is 0 Å². The van der Waals surface area contributed by atoms with Gasteiger partial charge in [-0.1, -0.05) is 0 Å². The zero-order chi connectivity index (χ0) is 4.85. The molecular weight excluding hydrogens is 88.1 g/mol. The highest BCUT2D eigenvalue weighted by molar-refractivity contribution is 5.82. The van der Waals surface area contributed by atoms with Crippen LogP contribution in [0, 0.1) is 11.8 Å². The van der Waals surface area contributed by atoms with Gasteiger partial charge < -0.3 is 0 Å². The number of rotatable bonds is 0. The second-order valence-corrected chi connectivity index (χ2v) is 2.70. The second kappa shape index (κ2) is 0.908. The predicted molar refractivity (Wildman–Crippen MR) is 25.8 cm³/mol. The monoisotopic (exact) mass is 96.1 g/mol. The Balaban J connectivity index is 2.14. The summed E-state index contributed by atoms with van der Waals surface area (Å²) in [7, 11) is 0. The molecule has 0 unspecified atom stereocenters. The van der Waals surface area contributed by atoms with Gasteiger partial charge in [0.05, 0.1) is 0 Å². The molecule has 0 aromatic carbocycles. The van der Waals surface area contributed by atoms with Gasteiger partial charge in [-0.3, -0.25) is 4.79 Å². The SMILES string of the molecule is O=C1C[C@H]2C[C@@H]2C1. The lowest BCUT2D eigenvalue weighted by atomic mass is 10.2. The molecule has 0 radical (unpaired) electrons. The van der Waals surface area contributed by atoms with E-state index in [1.54, 1.807) is 0 Å². The minimum absolute atomic E-state index is 0.501. The van der Waals surface area contributed by atoms with Gasteiger partial charge in [-0.2, -0.15) is 0 Å². The number of fused-ring (bicyclic) bond motifs is 1. The average Bonchev–Trinajstić information content (AvgIpc) is 2.15. The highest BCUT2D eigenvalue weighted by Crippen LogP contribution is 2.49. The minimum atomic E-state index is 0.501. The molecule has 2 aliphatic rings. The lowest BCUT2D eigenvalue weighted by Gasteiger charge is -1.82. The zero-order valence-electron chi connectivity index (χ0n) is 4.18. The van der Waals surface area contributed by atoms with Gasteiger partial charge in [0, 0.05) is 12.8 Å². The third-order valence-corrected chi connectivity index (χ3v) is 2.05. The van der Waals surface area contributed by atoms with Crippen molar-refractivity contribution < 1.29 is 4.79 Å². The van der Waals surface area contributed by atoms with E-state index in [2.05, 4.69) is 0 Å². The van der Waals surface area contributed by atoms with Gasteiger partial charge in [0.2, 0.25) is 0 Å². The van der Waals surface area contributed by atoms with E-state index in [0.717, 1.165) is 24.7 Å². The van der Waals surface area contributed by atoms with Crippen molar-refractivity contribution in [2.45, 2.75) is 19.3 Å². The maximum Gasteiger partial charge on any atom is 0.133 e. The first kappa shape index (κ1) is 3.65. The lowest BCUT2D eigenvalue weighted by Crippen LogP contribution is -1.89. The summed E-state index contributed by atoms with van der Waals surface area (Å²) >= 11 is 0. The van der Waals surface area contributed by atoms with Crippen molar-refractivity contribution in [3.63, 3.8) is 0 Å². The fourth-order valence-electron chi connectivity index (χ4n) is 1.48. The number of hydrogen-bond acceptors (Lipinski definition) is 1. The molecule has 0 bridgehead atoms. The van der Waals surface area contributed by atoms with Crippen LogP contribution in [0.1, 0.15) is 19.3 Å². The lowest BCUT2D eigenvalue weighted by molar-refractivity contribution is -0.118. The standard InChI is InChI=1S/C6H8O/c7-6-2-4-1-5(4)3-6/h4-5H,1-3H2/t4-,5-/m1/s1. The molecule has 38 valence electrons. The number of ketones is 1. The molecule has 2 atom stereocenters. The Morgan fingerprint density at radius 3 is 2.14 bits per heavy atom. The normalized spacial score (nSPS) is 46.6. The van der Waals surface area contributed by atoms with Crippen LogP contribution in [0.25, 0.3) is 0 Å². The molecule has 0 aromatic heterocycles. The molecule has 2 rings (SSSR count). The first-order chi connectivity index (χ1) is 3.36. The molecule has 2 saturated carbocycles. The molecule has 0 spiro atoms. The molecule has 7 heavy (non-hydrogen) atoms. The Bertz CT molecular complexity index is 105. The molecule has 0 aliphatic heterocycles. The summed E-state index contributed by atoms with van der Waals surface area (Å²) in [6, 6.07) is 0. The molecule has 1 nitrogen and oxygen atoms in total. The highest BCUT2D eigenvalue weighted by atomic mass is 16.1. The molecular formula is C6H8O. The second-order valence-electron chi connectivity index (χ2n) is 2.70. The van der Waals surface area contributed by atoms with Crippen LogP contribution in [-0.2, 0) is 4.79 Å². The van der Waals surface area contributed by atoms with Crippen molar-refractivity contribution in [3.05, 3.63) is 0 Å². The smallest absolute Gasteiger partial charge is 0.133 e. The van der Waals surface area contributed by atoms with Crippen molar-refractivity contribution in [2.75, 3.05) is 0 Å². The maximum atomic E-state index is 10.5. The molecule has 1 heteroatoms. The van der Waals surface area contributed by atoms with Crippen LogP contribution in [0.3, 0.4) is 0 Å². The first-order valence-electron chi connectivity index (χ1n) is 2.88. The minimum Gasteiger partial charge on any atom is -0.300 e. The fraction of sp³-hybridized carbons (Fsp3) is 0.833. The zero-order valence-corrected chi connectivity index (χ0v) is 4.18. The number of hydrogen-bond donors (Lipinski definition) is 0. The van der Waals surface area contributed by atoms with E-state index in [4.69, 9.17) is 0 Å². The van der Waals surface area contributed by atoms with Crippen LogP contribution in [0.15, 0.2) is 0 Å². The Kier molecular flexibility index (Phi) is 0.473. The molecule has 2 fully saturated rings. The largest absolute Gasteiger partial charge is 0.300 e. The van der Waals surface area contributed by atoms with Crippen molar-refractivity contribution in [3.8, 4) is 0 Å². The van der Waals surface area contributed by atoms with Gasteiger partial charge in [0.25, 0.3) is 0 Å². The van der Waals surface area contributed by atoms with Gasteiger partial charge in [-0.25, -0.2) is 0 Å². The van der Waals surface area contributed by atoms with Crippen LogP contribution in [-0.4, -0.2) is 5.78 Å². The summed E-state index contributed by atoms with van der Waals surface area (Å²) in [5, 5.41) is 0. The van der Waals surface area contributed by atoms with E-state index < -0.39 is 0 Å². The predicted octanol–water partition coefficient (Wildman–Crippen LogP) is 0.985. The molecule has 0 heterocycles. The Hall–Kier alpha value is -0.330. The van der Waals surface area contributed by atoms with Gasteiger partial charge in [-0.05, 0) is 18.3 Å². The van der Waals surface area contributed by atoms with E-state index in [9.17, 15) is 4.79 Å². The van der Waals surface area contributed by atoms with Crippen LogP contribution in [0.5, 0.6) is 0 Å². The number of carbonyl (C=O) groups excluding carboxylic acids is 1. The summed E-state index contributed by atoms with van der Waals surface area (Å²) in [6.07, 6.45) is 3.17. The maximum absolute atomic E-state index is 10.5. The Labute approximate surface area is 42.7 Å². The number of carbonyl (C=O) groups is 1. The van der Waals surface area contributed by atoms with Gasteiger partial charge in [-0.15, -0.1) is 0 Å². The van der Waals surface area contributed by atoms with Gasteiger partial charge >= 0.3 is 0 Å². The summed E-state index contributed by atoms with van der Waals surface area (Å²) in [6.45, 7) is 0. The van der Waals surface area contributed by atoms with Gasteiger partial charge in [0.15, 0.2) is 0 Å². The van der Waals surface area contributed by atoms with Crippen LogP contribution < -0.4 is 0 Å². The molecule has 0 saturated heterocycles. The van der Waals surface area contributed by atoms with Crippen LogP contribution >= 0.6 is 0 Å². The quantitative estimate of drug-likeness (QED) is 0.439. The van der Waals surface area contributed by atoms with Crippen molar-refractivity contribution in [2.24, 2.45) is 11.8 Å². The summed E-state index contributed by atoms with van der Waals surface area (Å²) in [4.78, 5) is 10.5. The molecule has 0 amide bonds. The summed E-state index contributed by atoms with van der Waals surface area (Å²) < 4.78 is 0. The van der Waals surface area contributed by atoms with E-state index in [1.165, 1.54) is 6.42 Å². The van der Waals surface area contributed by atoms with E-state index in [0.29, 0.717) is 5.78 Å².